The van der Waals surface area contributed by atoms with E-state index in [4.69, 9.17) is 4.74 Å². The Bertz CT molecular complexity index is 453. The Morgan fingerprint density at radius 1 is 1.09 bits per heavy atom. The molecule has 0 spiro atoms. The number of carbonyl (C=O) groups excluding carboxylic acids is 2. The Morgan fingerprint density at radius 2 is 1.73 bits per heavy atom. The highest BCUT2D eigenvalue weighted by atomic mass is 16.6. The van der Waals surface area contributed by atoms with Crippen molar-refractivity contribution in [3.8, 4) is 0 Å². The van der Waals surface area contributed by atoms with E-state index in [9.17, 15) is 9.59 Å². The van der Waals surface area contributed by atoms with E-state index in [0.717, 1.165) is 19.3 Å². The zero-order valence-electron chi connectivity index (χ0n) is 14.7. The average molecular weight is 306 g/mol. The van der Waals surface area contributed by atoms with Crippen LogP contribution in [0.5, 0.6) is 0 Å². The molecule has 0 N–H and O–H groups in total. The van der Waals surface area contributed by atoms with Crippen LogP contribution in [-0.4, -0.2) is 17.4 Å². The fraction of sp³-hybridized carbons (Fsp3) is 0.579. The molecule has 0 aliphatic rings. The van der Waals surface area contributed by atoms with E-state index >= 15 is 0 Å². The Balaban J connectivity index is 4.37. The quantitative estimate of drug-likeness (QED) is 0.326. The molecule has 0 amide bonds. The molecular weight excluding hydrogens is 276 g/mol. The Kier molecular flexibility index (Phi) is 9.39. The van der Waals surface area contributed by atoms with E-state index in [1.54, 1.807) is 6.08 Å². The summed E-state index contributed by atoms with van der Waals surface area (Å²) >= 11 is 0. The van der Waals surface area contributed by atoms with Crippen LogP contribution >= 0.6 is 0 Å². The van der Waals surface area contributed by atoms with Gasteiger partial charge in [0.2, 0.25) is 0 Å². The smallest absolute Gasteiger partial charge is 0.314 e. The third-order valence-electron chi connectivity index (χ3n) is 3.40. The second-order valence-corrected chi connectivity index (χ2v) is 6.28. The first-order chi connectivity index (χ1) is 10.2. The van der Waals surface area contributed by atoms with E-state index in [0.29, 0.717) is 6.42 Å². The molecular formula is C19H30O3. The molecule has 0 aromatic rings. The monoisotopic (exact) mass is 306 g/mol. The lowest BCUT2D eigenvalue weighted by atomic mass is 9.98. The van der Waals surface area contributed by atoms with E-state index in [2.05, 4.69) is 39.5 Å². The molecule has 0 saturated heterocycles. The van der Waals surface area contributed by atoms with Gasteiger partial charge in [0.1, 0.15) is 17.8 Å². The van der Waals surface area contributed by atoms with Gasteiger partial charge in [0, 0.05) is 0 Å². The maximum Gasteiger partial charge on any atom is 0.314 e. The third-order valence-corrected chi connectivity index (χ3v) is 3.40. The van der Waals surface area contributed by atoms with Crippen molar-refractivity contribution in [2.24, 2.45) is 0 Å². The van der Waals surface area contributed by atoms with Crippen LogP contribution in [-0.2, 0) is 14.3 Å². The van der Waals surface area contributed by atoms with Crippen LogP contribution in [0.25, 0.3) is 0 Å². The molecule has 1 unspecified atom stereocenters. The number of Topliss-reactive ketones (excluding diaryl/α,β-unsaturated/α-hetero) is 1. The summed E-state index contributed by atoms with van der Waals surface area (Å²) in [6.45, 7) is 13.3. The predicted octanol–water partition coefficient (Wildman–Crippen LogP) is 4.93. The molecule has 0 aliphatic carbocycles. The van der Waals surface area contributed by atoms with Crippen molar-refractivity contribution in [2.75, 3.05) is 0 Å². The van der Waals surface area contributed by atoms with Gasteiger partial charge in [-0.15, -0.1) is 0 Å². The van der Waals surface area contributed by atoms with Crippen LogP contribution in [0.3, 0.4) is 0 Å². The Morgan fingerprint density at radius 3 is 2.23 bits per heavy atom. The number of carbonyl (C=O) groups is 2. The van der Waals surface area contributed by atoms with Gasteiger partial charge < -0.3 is 4.74 Å². The van der Waals surface area contributed by atoms with Crippen molar-refractivity contribution >= 4 is 11.8 Å². The normalized spacial score (nSPS) is 14.0. The summed E-state index contributed by atoms with van der Waals surface area (Å²) in [5.74, 6) is -0.675. The van der Waals surface area contributed by atoms with Crippen LogP contribution < -0.4 is 0 Å². The molecule has 124 valence electrons. The van der Waals surface area contributed by atoms with Crippen molar-refractivity contribution in [1.82, 2.24) is 0 Å². The number of hydrogen-bond donors (Lipinski definition) is 0. The number of ether oxygens (including phenoxy) is 1. The van der Waals surface area contributed by atoms with Gasteiger partial charge in [-0.1, -0.05) is 29.9 Å². The van der Waals surface area contributed by atoms with Crippen LogP contribution in [0.1, 0.15) is 66.7 Å². The SMILES string of the molecule is C=CC(C)(CC/C=C(\C)CCC=C(C)C)OC(=O)CC(C)=O. The molecule has 1 atom stereocenters. The summed E-state index contributed by atoms with van der Waals surface area (Å²) in [5, 5.41) is 0. The molecule has 0 bridgehead atoms. The minimum atomic E-state index is -0.719. The van der Waals surface area contributed by atoms with Crippen LogP contribution in [0.4, 0.5) is 0 Å². The molecule has 0 radical (unpaired) electrons. The second kappa shape index (κ2) is 10.1. The molecule has 0 fully saturated rings. The maximum absolute atomic E-state index is 11.6. The van der Waals surface area contributed by atoms with Gasteiger partial charge in [-0.2, -0.15) is 0 Å². The molecule has 0 aromatic carbocycles. The van der Waals surface area contributed by atoms with Gasteiger partial charge in [-0.05, 0) is 66.4 Å². The number of ketones is 1. The van der Waals surface area contributed by atoms with Gasteiger partial charge >= 0.3 is 5.97 Å². The predicted molar refractivity (Wildman–Crippen MR) is 91.6 cm³/mol. The van der Waals surface area contributed by atoms with Crippen LogP contribution in [0, 0.1) is 0 Å². The first-order valence-electron chi connectivity index (χ1n) is 7.82. The van der Waals surface area contributed by atoms with E-state index in [1.165, 1.54) is 18.1 Å². The van der Waals surface area contributed by atoms with Crippen molar-refractivity contribution in [2.45, 2.75) is 72.3 Å². The molecule has 0 rings (SSSR count). The topological polar surface area (TPSA) is 43.4 Å². The number of esters is 1. The lowest BCUT2D eigenvalue weighted by Crippen LogP contribution is -2.29. The molecule has 3 heteroatoms. The Labute approximate surface area is 135 Å². The molecule has 0 heterocycles. The molecule has 0 aromatic heterocycles. The van der Waals surface area contributed by atoms with Crippen molar-refractivity contribution in [3.05, 3.63) is 36.0 Å². The number of rotatable bonds is 10. The van der Waals surface area contributed by atoms with Gasteiger partial charge in [0.25, 0.3) is 0 Å². The zero-order chi connectivity index (χ0) is 17.2. The van der Waals surface area contributed by atoms with E-state index < -0.39 is 11.6 Å². The van der Waals surface area contributed by atoms with E-state index in [-0.39, 0.29) is 12.2 Å². The summed E-state index contributed by atoms with van der Waals surface area (Å²) in [5.41, 5.74) is 1.95. The summed E-state index contributed by atoms with van der Waals surface area (Å²) in [4.78, 5) is 22.6. The van der Waals surface area contributed by atoms with Crippen molar-refractivity contribution in [3.63, 3.8) is 0 Å². The maximum atomic E-state index is 11.6. The Hall–Kier alpha value is -1.64. The van der Waals surface area contributed by atoms with Gasteiger partial charge in [-0.25, -0.2) is 0 Å². The number of allylic oxidation sites excluding steroid dienone is 4. The number of hydrogen-bond acceptors (Lipinski definition) is 3. The second-order valence-electron chi connectivity index (χ2n) is 6.28. The highest BCUT2D eigenvalue weighted by molar-refractivity contribution is 5.94. The highest BCUT2D eigenvalue weighted by Gasteiger charge is 2.24. The minimum Gasteiger partial charge on any atom is -0.455 e. The molecule has 0 aliphatic heterocycles. The fourth-order valence-corrected chi connectivity index (χ4v) is 1.99. The van der Waals surface area contributed by atoms with Gasteiger partial charge in [0.05, 0.1) is 0 Å². The first kappa shape index (κ1) is 20.4. The summed E-state index contributed by atoms with van der Waals surface area (Å²) in [6.07, 6.45) is 9.44. The largest absolute Gasteiger partial charge is 0.455 e. The van der Waals surface area contributed by atoms with Crippen LogP contribution in [0.15, 0.2) is 36.0 Å². The standard InChI is InChI=1S/C19H30O3/c1-7-19(6,22-18(21)14-17(5)20)13-9-12-16(4)11-8-10-15(2)3/h7,10,12H,1,8-9,11,13-14H2,2-6H3/b16-12+. The summed E-state index contributed by atoms with van der Waals surface area (Å²) < 4.78 is 5.38. The lowest BCUT2D eigenvalue weighted by Gasteiger charge is -2.25. The van der Waals surface area contributed by atoms with Crippen LogP contribution in [0.2, 0.25) is 0 Å². The minimum absolute atomic E-state index is 0.180. The first-order valence-corrected chi connectivity index (χ1v) is 7.82. The average Bonchev–Trinajstić information content (AvgIpc) is 2.37. The molecule has 22 heavy (non-hydrogen) atoms. The summed E-state index contributed by atoms with van der Waals surface area (Å²) in [7, 11) is 0. The van der Waals surface area contributed by atoms with Crippen molar-refractivity contribution in [1.29, 1.82) is 0 Å². The fourth-order valence-electron chi connectivity index (χ4n) is 1.99. The molecule has 3 nitrogen and oxygen atoms in total. The van der Waals surface area contributed by atoms with Crippen molar-refractivity contribution < 1.29 is 14.3 Å². The zero-order valence-corrected chi connectivity index (χ0v) is 14.7. The van der Waals surface area contributed by atoms with Gasteiger partial charge in [0.15, 0.2) is 0 Å². The summed E-state index contributed by atoms with van der Waals surface area (Å²) in [6, 6.07) is 0. The highest BCUT2D eigenvalue weighted by Crippen LogP contribution is 2.21. The third kappa shape index (κ3) is 10.1. The van der Waals surface area contributed by atoms with E-state index in [1.807, 2.05) is 6.92 Å². The molecule has 0 saturated carbocycles. The lowest BCUT2D eigenvalue weighted by molar-refractivity contribution is -0.155. The van der Waals surface area contributed by atoms with Gasteiger partial charge in [-0.3, -0.25) is 9.59 Å².